The third-order valence-corrected chi connectivity index (χ3v) is 0.669. The Bertz CT molecular complexity index is 63.5. The minimum atomic E-state index is 0.572. The number of rotatable bonds is 4. The van der Waals surface area contributed by atoms with Crippen molar-refractivity contribution in [2.24, 2.45) is 5.34 Å². The van der Waals surface area contributed by atoms with Gasteiger partial charge in [0, 0.05) is 7.05 Å². The van der Waals surface area contributed by atoms with Crippen LogP contribution in [0.3, 0.4) is 0 Å². The molecule has 0 atom stereocenters. The monoisotopic (exact) mass is 119 g/mol. The van der Waals surface area contributed by atoms with Crippen LogP contribution < -0.4 is 5.43 Å². The molecule has 0 amide bonds. The lowest BCUT2D eigenvalue weighted by Gasteiger charge is -2.10. The van der Waals surface area contributed by atoms with Crippen LogP contribution in [0.5, 0.6) is 0 Å². The van der Waals surface area contributed by atoms with Gasteiger partial charge < -0.3 is 0 Å². The fourth-order valence-electron chi connectivity index (χ4n) is 0.297. The largest absolute Gasteiger partial charge is 0.245 e. The van der Waals surface area contributed by atoms with Crippen LogP contribution in [0.2, 0.25) is 0 Å². The van der Waals surface area contributed by atoms with E-state index in [9.17, 15) is 4.91 Å². The number of hydrogen-bond donors (Lipinski definition) is 1. The van der Waals surface area contributed by atoms with Crippen molar-refractivity contribution in [3.63, 3.8) is 0 Å². The van der Waals surface area contributed by atoms with Gasteiger partial charge in [-0.1, -0.05) is 0 Å². The number of nitrogens with one attached hydrogen (secondary N) is 1. The lowest BCUT2D eigenvalue weighted by molar-refractivity contribution is -0.190. The summed E-state index contributed by atoms with van der Waals surface area (Å²) < 4.78 is 0. The van der Waals surface area contributed by atoms with Gasteiger partial charge in [0.2, 0.25) is 0 Å². The molecule has 1 N–H and O–H groups in total. The summed E-state index contributed by atoms with van der Waals surface area (Å²) in [5.74, 6) is 0. The first kappa shape index (κ1) is 7.32. The molecule has 0 aromatic heterocycles. The first-order valence-electron chi connectivity index (χ1n) is 2.29. The Hall–Kier alpha value is -0.680. The number of hydroxylamine groups is 1. The summed E-state index contributed by atoms with van der Waals surface area (Å²) in [6.45, 7) is 2.39. The van der Waals surface area contributed by atoms with Gasteiger partial charge in [0.15, 0.2) is 5.34 Å². The van der Waals surface area contributed by atoms with E-state index < -0.39 is 0 Å². The van der Waals surface area contributed by atoms with Crippen molar-refractivity contribution in [2.75, 3.05) is 13.6 Å². The van der Waals surface area contributed by atoms with Gasteiger partial charge in [0.05, 0.1) is 6.54 Å². The lowest BCUT2D eigenvalue weighted by atomic mass is 10.8. The summed E-state index contributed by atoms with van der Waals surface area (Å²) in [7, 11) is 1.63. The smallest absolute Gasteiger partial charge is 0.177 e. The molecular weight excluding hydrogens is 110 g/mol. The van der Waals surface area contributed by atoms with Gasteiger partial charge in [-0.2, -0.15) is 0 Å². The maximum absolute atomic E-state index is 9.38. The van der Waals surface area contributed by atoms with Crippen LogP contribution in [0.25, 0.3) is 0 Å². The number of hydrazine groups is 1. The van der Waals surface area contributed by atoms with E-state index in [4.69, 9.17) is 0 Å². The standard InChI is InChI=1S/C3H9N3O2/c1-3-6(4-2)8-5-7/h4H,3H2,1-2H3. The van der Waals surface area contributed by atoms with Gasteiger partial charge in [-0.15, -0.1) is 4.91 Å². The molecule has 0 unspecified atom stereocenters. The third kappa shape index (κ3) is 2.49. The second-order valence-corrected chi connectivity index (χ2v) is 1.07. The van der Waals surface area contributed by atoms with Gasteiger partial charge in [0.1, 0.15) is 0 Å². The zero-order valence-electron chi connectivity index (χ0n) is 4.92. The lowest BCUT2D eigenvalue weighted by Crippen LogP contribution is -2.32. The maximum atomic E-state index is 9.38. The van der Waals surface area contributed by atoms with E-state index in [1.54, 1.807) is 7.05 Å². The summed E-state index contributed by atoms with van der Waals surface area (Å²) in [6, 6.07) is 0. The Balaban J connectivity index is 3.20. The van der Waals surface area contributed by atoms with Crippen LogP contribution in [0.15, 0.2) is 5.34 Å². The highest BCUT2D eigenvalue weighted by atomic mass is 16.9. The van der Waals surface area contributed by atoms with Crippen LogP contribution in [0, 0.1) is 4.91 Å². The fourth-order valence-corrected chi connectivity index (χ4v) is 0.297. The highest BCUT2D eigenvalue weighted by Gasteiger charge is 1.94. The molecule has 0 rings (SSSR count). The third-order valence-electron chi connectivity index (χ3n) is 0.669. The van der Waals surface area contributed by atoms with Crippen LogP contribution in [-0.4, -0.2) is 18.8 Å². The summed E-state index contributed by atoms with van der Waals surface area (Å²) in [4.78, 5) is 13.5. The number of nitrogens with zero attached hydrogens (tertiary/aromatic N) is 2. The molecule has 0 saturated heterocycles. The second kappa shape index (κ2) is 4.48. The van der Waals surface area contributed by atoms with Crippen molar-refractivity contribution in [3.05, 3.63) is 4.91 Å². The molecule has 0 aromatic rings. The Morgan fingerprint density at radius 3 is 2.62 bits per heavy atom. The molecule has 0 heterocycles. The molecule has 8 heavy (non-hydrogen) atoms. The molecule has 0 radical (unpaired) electrons. The topological polar surface area (TPSA) is 53.9 Å². The maximum Gasteiger partial charge on any atom is 0.177 e. The van der Waals surface area contributed by atoms with Crippen LogP contribution in [0.4, 0.5) is 0 Å². The van der Waals surface area contributed by atoms with Gasteiger partial charge in [0.25, 0.3) is 0 Å². The van der Waals surface area contributed by atoms with Crippen molar-refractivity contribution >= 4 is 0 Å². The summed E-state index contributed by atoms with van der Waals surface area (Å²) in [5.41, 5.74) is 2.57. The predicted octanol–water partition coefficient (Wildman–Crippen LogP) is 0.0557. The number of hydrogen-bond acceptors (Lipinski definition) is 5. The van der Waals surface area contributed by atoms with E-state index >= 15 is 0 Å². The summed E-state index contributed by atoms with van der Waals surface area (Å²) >= 11 is 0. The van der Waals surface area contributed by atoms with Gasteiger partial charge in [-0.25, -0.2) is 10.4 Å². The fraction of sp³-hybridized carbons (Fsp3) is 1.00. The van der Waals surface area contributed by atoms with Gasteiger partial charge in [-0.05, 0) is 12.1 Å². The van der Waals surface area contributed by atoms with Crippen molar-refractivity contribution in [2.45, 2.75) is 6.92 Å². The van der Waals surface area contributed by atoms with E-state index in [0.717, 1.165) is 0 Å². The van der Waals surface area contributed by atoms with Gasteiger partial charge in [-0.3, -0.25) is 0 Å². The minimum absolute atomic E-state index is 0.572. The zero-order chi connectivity index (χ0) is 6.41. The molecule has 48 valence electrons. The molecule has 0 saturated carbocycles. The average Bonchev–Trinajstić information content (AvgIpc) is 1.83. The molecule has 0 aromatic carbocycles. The van der Waals surface area contributed by atoms with E-state index in [-0.39, 0.29) is 0 Å². The molecule has 0 bridgehead atoms. The quantitative estimate of drug-likeness (QED) is 0.420. The van der Waals surface area contributed by atoms with Crippen LogP contribution in [-0.2, 0) is 4.94 Å². The molecular formula is C3H9N3O2. The van der Waals surface area contributed by atoms with E-state index in [2.05, 4.69) is 15.7 Å². The van der Waals surface area contributed by atoms with E-state index in [0.29, 0.717) is 6.54 Å². The van der Waals surface area contributed by atoms with Crippen molar-refractivity contribution in [3.8, 4) is 0 Å². The summed E-state index contributed by atoms with van der Waals surface area (Å²) in [6.07, 6.45) is 0. The minimum Gasteiger partial charge on any atom is -0.245 e. The molecule has 0 aliphatic rings. The van der Waals surface area contributed by atoms with Crippen molar-refractivity contribution in [1.82, 2.24) is 10.6 Å². The molecule has 5 nitrogen and oxygen atoms in total. The van der Waals surface area contributed by atoms with Crippen molar-refractivity contribution in [1.29, 1.82) is 0 Å². The Morgan fingerprint density at radius 2 is 2.50 bits per heavy atom. The highest BCUT2D eigenvalue weighted by molar-refractivity contribution is 4.20. The van der Waals surface area contributed by atoms with E-state index in [1.165, 1.54) is 5.17 Å². The van der Waals surface area contributed by atoms with Crippen LogP contribution in [0.1, 0.15) is 6.92 Å². The average molecular weight is 119 g/mol. The molecule has 0 spiro atoms. The Kier molecular flexibility index (Phi) is 4.10. The molecule has 0 fully saturated rings. The first-order valence-corrected chi connectivity index (χ1v) is 2.29. The van der Waals surface area contributed by atoms with Crippen LogP contribution >= 0.6 is 0 Å². The predicted molar refractivity (Wildman–Crippen MR) is 28.3 cm³/mol. The normalized spacial score (nSPS) is 9.38. The van der Waals surface area contributed by atoms with E-state index in [1.807, 2.05) is 6.92 Å². The second-order valence-electron chi connectivity index (χ2n) is 1.07. The summed E-state index contributed by atoms with van der Waals surface area (Å²) in [5, 5.41) is 3.39. The highest BCUT2D eigenvalue weighted by Crippen LogP contribution is 1.80. The molecule has 0 aliphatic carbocycles. The molecule has 0 aliphatic heterocycles. The zero-order valence-corrected chi connectivity index (χ0v) is 4.92. The molecule has 5 heteroatoms. The van der Waals surface area contributed by atoms with Gasteiger partial charge >= 0.3 is 0 Å². The first-order chi connectivity index (χ1) is 3.85. The van der Waals surface area contributed by atoms with Crippen molar-refractivity contribution < 1.29 is 4.94 Å². The Morgan fingerprint density at radius 1 is 1.88 bits per heavy atom. The Labute approximate surface area is 47.5 Å². The SMILES string of the molecule is CCN(NC)ON=O.